The Morgan fingerprint density at radius 3 is 3.31 bits per heavy atom. The van der Waals surface area contributed by atoms with Crippen molar-refractivity contribution >= 4 is 5.71 Å². The first-order valence-corrected chi connectivity index (χ1v) is 4.85. The van der Waals surface area contributed by atoms with E-state index in [1.807, 2.05) is 0 Å². The summed E-state index contributed by atoms with van der Waals surface area (Å²) in [5.74, 6) is 0.370. The summed E-state index contributed by atoms with van der Waals surface area (Å²) in [5, 5.41) is 13.7. The lowest BCUT2D eigenvalue weighted by atomic mass is 9.95. The van der Waals surface area contributed by atoms with Crippen LogP contribution in [0, 0.1) is 5.92 Å². The first-order valence-electron chi connectivity index (χ1n) is 4.85. The van der Waals surface area contributed by atoms with Gasteiger partial charge in [0, 0.05) is 5.92 Å². The molecule has 1 saturated carbocycles. The third-order valence-electron chi connectivity index (χ3n) is 2.86. The van der Waals surface area contributed by atoms with Crippen molar-refractivity contribution in [1.29, 1.82) is 0 Å². The van der Waals surface area contributed by atoms with E-state index in [1.54, 1.807) is 6.08 Å². The van der Waals surface area contributed by atoms with Crippen molar-refractivity contribution in [2.24, 2.45) is 11.1 Å². The normalized spacial score (nSPS) is 33.5. The lowest BCUT2D eigenvalue weighted by Crippen LogP contribution is -2.27. The van der Waals surface area contributed by atoms with Crippen molar-refractivity contribution < 1.29 is 9.94 Å². The van der Waals surface area contributed by atoms with Crippen LogP contribution in [0.2, 0.25) is 0 Å². The van der Waals surface area contributed by atoms with Crippen LogP contribution in [-0.2, 0) is 4.84 Å². The van der Waals surface area contributed by atoms with Gasteiger partial charge >= 0.3 is 0 Å². The molecular formula is C10H15NO2. The molecule has 1 N–H and O–H groups in total. The van der Waals surface area contributed by atoms with Crippen molar-refractivity contribution in [1.82, 2.24) is 0 Å². The number of rotatable bonds is 3. The molecule has 0 saturated heterocycles. The van der Waals surface area contributed by atoms with Gasteiger partial charge in [-0.15, -0.1) is 6.58 Å². The third-order valence-corrected chi connectivity index (χ3v) is 2.86. The molecular weight excluding hydrogens is 166 g/mol. The molecule has 72 valence electrons. The highest BCUT2D eigenvalue weighted by Gasteiger charge is 2.40. The fourth-order valence-corrected chi connectivity index (χ4v) is 2.17. The van der Waals surface area contributed by atoms with Gasteiger partial charge in [0.25, 0.3) is 0 Å². The van der Waals surface area contributed by atoms with Crippen molar-refractivity contribution in [3.8, 4) is 0 Å². The molecule has 3 unspecified atom stereocenters. The van der Waals surface area contributed by atoms with Gasteiger partial charge in [0.2, 0.25) is 0 Å². The molecule has 0 aromatic carbocycles. The van der Waals surface area contributed by atoms with E-state index in [2.05, 4.69) is 11.7 Å². The van der Waals surface area contributed by atoms with Crippen LogP contribution in [0.5, 0.6) is 0 Å². The average molecular weight is 181 g/mol. The van der Waals surface area contributed by atoms with E-state index in [0.29, 0.717) is 12.3 Å². The average Bonchev–Trinajstić information content (AvgIpc) is 2.62. The van der Waals surface area contributed by atoms with E-state index in [4.69, 9.17) is 4.84 Å². The summed E-state index contributed by atoms with van der Waals surface area (Å²) in [6.07, 6.45) is 5.44. The minimum absolute atomic E-state index is 0.245. The molecule has 0 spiro atoms. The SMILES string of the molecule is C=CCC(O)C1=NOC2CCCC12. The number of hydrogen-bond acceptors (Lipinski definition) is 3. The van der Waals surface area contributed by atoms with Crippen LogP contribution in [0.25, 0.3) is 0 Å². The zero-order chi connectivity index (χ0) is 9.26. The first-order chi connectivity index (χ1) is 6.33. The molecule has 3 heteroatoms. The zero-order valence-electron chi connectivity index (χ0n) is 7.65. The second-order valence-electron chi connectivity index (χ2n) is 3.74. The highest BCUT2D eigenvalue weighted by Crippen LogP contribution is 2.35. The number of hydrogen-bond donors (Lipinski definition) is 1. The maximum absolute atomic E-state index is 9.71. The van der Waals surface area contributed by atoms with Crippen LogP contribution >= 0.6 is 0 Å². The van der Waals surface area contributed by atoms with Crippen molar-refractivity contribution in [2.75, 3.05) is 0 Å². The molecule has 0 radical (unpaired) electrons. The molecule has 1 heterocycles. The minimum Gasteiger partial charge on any atom is -0.392 e. The smallest absolute Gasteiger partial charge is 0.135 e. The molecule has 2 aliphatic rings. The molecule has 0 bridgehead atoms. The standard InChI is InChI=1S/C10H15NO2/c1-2-4-8(12)10-7-5-3-6-9(7)13-11-10/h2,7-9,12H,1,3-6H2. The number of nitrogens with zero attached hydrogens (tertiary/aromatic N) is 1. The Labute approximate surface area is 78.1 Å². The quantitative estimate of drug-likeness (QED) is 0.670. The highest BCUT2D eigenvalue weighted by atomic mass is 16.6. The van der Waals surface area contributed by atoms with Crippen LogP contribution < -0.4 is 0 Å². The lowest BCUT2D eigenvalue weighted by molar-refractivity contribution is 0.0746. The van der Waals surface area contributed by atoms with Crippen molar-refractivity contribution in [3.63, 3.8) is 0 Å². The predicted octanol–water partition coefficient (Wildman–Crippen LogP) is 1.48. The van der Waals surface area contributed by atoms with Gasteiger partial charge in [-0.1, -0.05) is 11.2 Å². The van der Waals surface area contributed by atoms with Gasteiger partial charge in [0.05, 0.1) is 11.8 Å². The zero-order valence-corrected chi connectivity index (χ0v) is 7.65. The van der Waals surface area contributed by atoms with E-state index in [1.165, 1.54) is 6.42 Å². The maximum atomic E-state index is 9.71. The summed E-state index contributed by atoms with van der Waals surface area (Å²) < 4.78 is 0. The Morgan fingerprint density at radius 2 is 2.54 bits per heavy atom. The van der Waals surface area contributed by atoms with Gasteiger partial charge in [0.1, 0.15) is 6.10 Å². The summed E-state index contributed by atoms with van der Waals surface area (Å²) in [6, 6.07) is 0. The Bertz CT molecular complexity index is 237. The largest absolute Gasteiger partial charge is 0.392 e. The van der Waals surface area contributed by atoms with Crippen LogP contribution in [0.1, 0.15) is 25.7 Å². The van der Waals surface area contributed by atoms with Crippen LogP contribution in [0.4, 0.5) is 0 Å². The van der Waals surface area contributed by atoms with Gasteiger partial charge in [0.15, 0.2) is 0 Å². The molecule has 1 aliphatic carbocycles. The van der Waals surface area contributed by atoms with Gasteiger partial charge in [-0.2, -0.15) is 0 Å². The Balaban J connectivity index is 2.03. The minimum atomic E-state index is -0.481. The monoisotopic (exact) mass is 181 g/mol. The molecule has 2 rings (SSSR count). The molecule has 1 aliphatic heterocycles. The molecule has 0 amide bonds. The van der Waals surface area contributed by atoms with E-state index in [-0.39, 0.29) is 6.10 Å². The summed E-state index contributed by atoms with van der Waals surface area (Å²) in [6.45, 7) is 3.60. The third kappa shape index (κ3) is 1.48. The second kappa shape index (κ2) is 3.50. The van der Waals surface area contributed by atoms with E-state index < -0.39 is 6.10 Å². The van der Waals surface area contributed by atoms with E-state index in [9.17, 15) is 5.11 Å². The molecule has 1 fully saturated rings. The Hall–Kier alpha value is -0.830. The number of aliphatic hydroxyl groups is 1. The Morgan fingerprint density at radius 1 is 1.69 bits per heavy atom. The topological polar surface area (TPSA) is 41.8 Å². The van der Waals surface area contributed by atoms with Crippen molar-refractivity contribution in [2.45, 2.75) is 37.9 Å². The van der Waals surface area contributed by atoms with Crippen LogP contribution in [0.3, 0.4) is 0 Å². The molecule has 13 heavy (non-hydrogen) atoms. The molecule has 3 nitrogen and oxygen atoms in total. The van der Waals surface area contributed by atoms with Crippen molar-refractivity contribution in [3.05, 3.63) is 12.7 Å². The van der Waals surface area contributed by atoms with E-state index >= 15 is 0 Å². The summed E-state index contributed by atoms with van der Waals surface area (Å²) >= 11 is 0. The Kier molecular flexibility index (Phi) is 2.36. The summed E-state index contributed by atoms with van der Waals surface area (Å²) in [4.78, 5) is 5.25. The molecule has 0 aromatic rings. The molecule has 0 aromatic heterocycles. The first kappa shape index (κ1) is 8.75. The van der Waals surface area contributed by atoms with Gasteiger partial charge < -0.3 is 9.94 Å². The van der Waals surface area contributed by atoms with E-state index in [0.717, 1.165) is 18.6 Å². The summed E-state index contributed by atoms with van der Waals surface area (Å²) in [5.41, 5.74) is 0.836. The fourth-order valence-electron chi connectivity index (χ4n) is 2.17. The van der Waals surface area contributed by atoms with Crippen LogP contribution in [0.15, 0.2) is 17.8 Å². The lowest BCUT2D eigenvalue weighted by Gasteiger charge is -2.12. The number of aliphatic hydroxyl groups excluding tert-OH is 1. The molecule has 3 atom stereocenters. The van der Waals surface area contributed by atoms with Gasteiger partial charge in [-0.25, -0.2) is 0 Å². The fraction of sp³-hybridized carbons (Fsp3) is 0.700. The second-order valence-corrected chi connectivity index (χ2v) is 3.74. The summed E-state index contributed by atoms with van der Waals surface area (Å²) in [7, 11) is 0. The van der Waals surface area contributed by atoms with Crippen LogP contribution in [-0.4, -0.2) is 23.0 Å². The van der Waals surface area contributed by atoms with Gasteiger partial charge in [-0.3, -0.25) is 0 Å². The highest BCUT2D eigenvalue weighted by molar-refractivity contribution is 5.92. The number of fused-ring (bicyclic) bond motifs is 1. The maximum Gasteiger partial charge on any atom is 0.135 e. The van der Waals surface area contributed by atoms with Gasteiger partial charge in [-0.05, 0) is 25.7 Å². The predicted molar refractivity (Wildman–Crippen MR) is 50.5 cm³/mol. The number of oxime groups is 1.